The van der Waals surface area contributed by atoms with Gasteiger partial charge in [-0.05, 0) is 45.7 Å². The Morgan fingerprint density at radius 1 is 1.38 bits per heavy atom. The van der Waals surface area contributed by atoms with E-state index in [1.165, 1.54) is 0 Å². The molecule has 7 heteroatoms. The molecule has 1 aliphatic heterocycles. The topological polar surface area (TPSA) is 58.6 Å². The molecule has 1 saturated heterocycles. The number of anilines is 1. The van der Waals surface area contributed by atoms with Crippen LogP contribution in [0.4, 0.5) is 10.6 Å². The molecule has 0 bridgehead atoms. The molecule has 0 saturated carbocycles. The molecule has 134 valence electrons. The smallest absolute Gasteiger partial charge is 0.410 e. The van der Waals surface area contributed by atoms with E-state index in [9.17, 15) is 4.79 Å². The molecule has 0 aliphatic carbocycles. The fourth-order valence-corrected chi connectivity index (χ4v) is 2.97. The van der Waals surface area contributed by atoms with Gasteiger partial charge >= 0.3 is 6.09 Å². The van der Waals surface area contributed by atoms with E-state index in [0.717, 1.165) is 24.4 Å². The summed E-state index contributed by atoms with van der Waals surface area (Å²) in [4.78, 5) is 24.8. The lowest BCUT2D eigenvalue weighted by Crippen LogP contribution is -2.54. The number of amides is 1. The van der Waals surface area contributed by atoms with Crippen molar-refractivity contribution in [2.24, 2.45) is 0 Å². The standard InChI is InChI=1S/C17H27ClN4O2/c1-6-7-13-10-14(20-15(18)19-13)22-9-8-21(11-12(22)2)16(23)24-17(3,4)5/h10,12H,6-9,11H2,1-5H3/t12-/m1/s1. The third-order valence-electron chi connectivity index (χ3n) is 3.82. The molecule has 6 nitrogen and oxygen atoms in total. The molecule has 0 aromatic carbocycles. The van der Waals surface area contributed by atoms with Crippen molar-refractivity contribution in [3.8, 4) is 0 Å². The zero-order chi connectivity index (χ0) is 17.9. The number of hydrogen-bond acceptors (Lipinski definition) is 5. The van der Waals surface area contributed by atoms with Crippen LogP contribution in [0.3, 0.4) is 0 Å². The van der Waals surface area contributed by atoms with Gasteiger partial charge in [0.15, 0.2) is 0 Å². The molecule has 0 unspecified atom stereocenters. The summed E-state index contributed by atoms with van der Waals surface area (Å²) >= 11 is 6.07. The molecule has 1 aromatic heterocycles. The van der Waals surface area contributed by atoms with Crippen LogP contribution in [0.5, 0.6) is 0 Å². The Hall–Kier alpha value is -1.56. The maximum atomic E-state index is 12.2. The van der Waals surface area contributed by atoms with Crippen LogP contribution in [0.2, 0.25) is 5.28 Å². The Bertz CT molecular complexity index is 588. The zero-order valence-corrected chi connectivity index (χ0v) is 15.9. The van der Waals surface area contributed by atoms with Gasteiger partial charge in [-0.15, -0.1) is 0 Å². The van der Waals surface area contributed by atoms with Crippen LogP contribution in [-0.4, -0.2) is 52.2 Å². The molecule has 1 aromatic rings. The number of rotatable bonds is 3. The molecule has 1 aliphatic rings. The number of halogens is 1. The van der Waals surface area contributed by atoms with Crippen LogP contribution in [0.25, 0.3) is 0 Å². The van der Waals surface area contributed by atoms with E-state index in [-0.39, 0.29) is 17.4 Å². The van der Waals surface area contributed by atoms with Gasteiger partial charge in [-0.2, -0.15) is 0 Å². The van der Waals surface area contributed by atoms with Gasteiger partial charge in [0.2, 0.25) is 5.28 Å². The van der Waals surface area contributed by atoms with Crippen molar-refractivity contribution in [3.05, 3.63) is 17.0 Å². The molecule has 0 spiro atoms. The molecule has 24 heavy (non-hydrogen) atoms. The SMILES string of the molecule is CCCc1cc(N2CCN(C(=O)OC(C)(C)C)C[C@H]2C)nc(Cl)n1. The fourth-order valence-electron chi connectivity index (χ4n) is 2.77. The van der Waals surface area contributed by atoms with Crippen molar-refractivity contribution in [2.45, 2.75) is 59.1 Å². The van der Waals surface area contributed by atoms with E-state index in [0.29, 0.717) is 19.6 Å². The Balaban J connectivity index is 2.07. The Morgan fingerprint density at radius 2 is 2.08 bits per heavy atom. The molecular formula is C17H27ClN4O2. The summed E-state index contributed by atoms with van der Waals surface area (Å²) in [5, 5.41) is 0.276. The Morgan fingerprint density at radius 3 is 2.67 bits per heavy atom. The first kappa shape index (κ1) is 18.8. The van der Waals surface area contributed by atoms with Gasteiger partial charge in [0.1, 0.15) is 11.4 Å². The van der Waals surface area contributed by atoms with E-state index < -0.39 is 5.60 Å². The van der Waals surface area contributed by atoms with E-state index in [4.69, 9.17) is 16.3 Å². The maximum Gasteiger partial charge on any atom is 0.410 e. The van der Waals surface area contributed by atoms with Crippen LogP contribution in [-0.2, 0) is 11.2 Å². The second-order valence-corrected chi connectivity index (χ2v) is 7.54. The van der Waals surface area contributed by atoms with E-state index >= 15 is 0 Å². The highest BCUT2D eigenvalue weighted by Gasteiger charge is 2.30. The predicted molar refractivity (Wildman–Crippen MR) is 95.7 cm³/mol. The summed E-state index contributed by atoms with van der Waals surface area (Å²) in [6.07, 6.45) is 1.62. The van der Waals surface area contributed by atoms with Crippen LogP contribution >= 0.6 is 11.6 Å². The number of carbonyl (C=O) groups is 1. The lowest BCUT2D eigenvalue weighted by Gasteiger charge is -2.40. The number of carbonyl (C=O) groups excluding carboxylic acids is 1. The van der Waals surface area contributed by atoms with Crippen molar-refractivity contribution in [1.29, 1.82) is 0 Å². The van der Waals surface area contributed by atoms with Crippen molar-refractivity contribution < 1.29 is 9.53 Å². The van der Waals surface area contributed by atoms with Gasteiger partial charge < -0.3 is 14.5 Å². The minimum absolute atomic E-state index is 0.131. The van der Waals surface area contributed by atoms with E-state index in [1.807, 2.05) is 26.8 Å². The van der Waals surface area contributed by atoms with Gasteiger partial charge in [0.05, 0.1) is 0 Å². The highest BCUT2D eigenvalue weighted by molar-refractivity contribution is 6.28. The summed E-state index contributed by atoms with van der Waals surface area (Å²) in [5.41, 5.74) is 0.474. The molecule has 1 atom stereocenters. The summed E-state index contributed by atoms with van der Waals surface area (Å²) in [7, 11) is 0. The first-order valence-corrected chi connectivity index (χ1v) is 8.85. The first-order valence-electron chi connectivity index (χ1n) is 8.47. The average Bonchev–Trinajstić information content (AvgIpc) is 2.45. The summed E-state index contributed by atoms with van der Waals surface area (Å²) in [6, 6.07) is 2.13. The third-order valence-corrected chi connectivity index (χ3v) is 3.99. The van der Waals surface area contributed by atoms with Crippen molar-refractivity contribution in [2.75, 3.05) is 24.5 Å². The number of ether oxygens (including phenoxy) is 1. The third kappa shape index (κ3) is 4.97. The van der Waals surface area contributed by atoms with Crippen molar-refractivity contribution >= 4 is 23.5 Å². The summed E-state index contributed by atoms with van der Waals surface area (Å²) < 4.78 is 5.46. The van der Waals surface area contributed by atoms with Crippen molar-refractivity contribution in [1.82, 2.24) is 14.9 Å². The highest BCUT2D eigenvalue weighted by atomic mass is 35.5. The monoisotopic (exact) mass is 354 g/mol. The molecule has 1 fully saturated rings. The van der Waals surface area contributed by atoms with Gasteiger partial charge in [-0.1, -0.05) is 13.3 Å². The normalized spacial score (nSPS) is 18.7. The Kier molecular flexibility index (Phi) is 5.91. The summed E-state index contributed by atoms with van der Waals surface area (Å²) in [5.74, 6) is 0.829. The molecule has 1 amide bonds. The minimum Gasteiger partial charge on any atom is -0.444 e. The molecular weight excluding hydrogens is 328 g/mol. The minimum atomic E-state index is -0.479. The molecule has 0 N–H and O–H groups in total. The molecule has 2 rings (SSSR count). The zero-order valence-electron chi connectivity index (χ0n) is 15.2. The second-order valence-electron chi connectivity index (χ2n) is 7.21. The van der Waals surface area contributed by atoms with Gasteiger partial charge in [-0.25, -0.2) is 14.8 Å². The van der Waals surface area contributed by atoms with Gasteiger partial charge in [-0.3, -0.25) is 0 Å². The fraction of sp³-hybridized carbons (Fsp3) is 0.706. The van der Waals surface area contributed by atoms with Crippen LogP contribution < -0.4 is 4.90 Å². The number of nitrogens with zero attached hydrogens (tertiary/aromatic N) is 4. The largest absolute Gasteiger partial charge is 0.444 e. The van der Waals surface area contributed by atoms with Gasteiger partial charge in [0.25, 0.3) is 0 Å². The number of piperazine rings is 1. The maximum absolute atomic E-state index is 12.2. The molecule has 2 heterocycles. The van der Waals surface area contributed by atoms with Crippen LogP contribution in [0, 0.1) is 0 Å². The van der Waals surface area contributed by atoms with Crippen LogP contribution in [0.1, 0.15) is 46.7 Å². The van der Waals surface area contributed by atoms with Gasteiger partial charge in [0, 0.05) is 37.4 Å². The summed E-state index contributed by atoms with van der Waals surface area (Å²) in [6.45, 7) is 11.7. The molecule has 0 radical (unpaired) electrons. The highest BCUT2D eigenvalue weighted by Crippen LogP contribution is 2.22. The number of hydrogen-bond donors (Lipinski definition) is 0. The lowest BCUT2D eigenvalue weighted by atomic mass is 10.1. The quantitative estimate of drug-likeness (QED) is 0.777. The van der Waals surface area contributed by atoms with E-state index in [1.54, 1.807) is 4.90 Å². The van der Waals surface area contributed by atoms with E-state index in [2.05, 4.69) is 28.7 Å². The first-order chi connectivity index (χ1) is 11.2. The number of aryl methyl sites for hydroxylation is 1. The Labute approximate surface area is 149 Å². The van der Waals surface area contributed by atoms with Crippen LogP contribution in [0.15, 0.2) is 6.07 Å². The average molecular weight is 355 g/mol. The predicted octanol–water partition coefficient (Wildman–Crippen LogP) is 3.53. The number of aromatic nitrogens is 2. The van der Waals surface area contributed by atoms with Crippen molar-refractivity contribution in [3.63, 3.8) is 0 Å². The lowest BCUT2D eigenvalue weighted by molar-refractivity contribution is 0.0218. The second kappa shape index (κ2) is 7.55.